The van der Waals surface area contributed by atoms with Crippen molar-refractivity contribution < 1.29 is 4.79 Å². The van der Waals surface area contributed by atoms with Crippen LogP contribution in [0.25, 0.3) is 0 Å². The van der Waals surface area contributed by atoms with E-state index in [0.717, 1.165) is 49.6 Å². The third-order valence-electron chi connectivity index (χ3n) is 5.07. The highest BCUT2D eigenvalue weighted by Crippen LogP contribution is 2.20. The maximum absolute atomic E-state index is 12.2. The molecule has 2 N–H and O–H groups in total. The molecule has 27 heavy (non-hydrogen) atoms. The molecule has 1 saturated heterocycles. The molecule has 0 aromatic heterocycles. The topological polar surface area (TPSA) is 44.4 Å². The Morgan fingerprint density at radius 2 is 1.93 bits per heavy atom. The fourth-order valence-corrected chi connectivity index (χ4v) is 3.99. The van der Waals surface area contributed by atoms with Gasteiger partial charge in [-0.05, 0) is 68.8 Å². The summed E-state index contributed by atoms with van der Waals surface area (Å²) >= 11 is 1.67. The average molecular weight is 384 g/mol. The lowest BCUT2D eigenvalue weighted by Crippen LogP contribution is -2.39. The van der Waals surface area contributed by atoms with Crippen molar-refractivity contribution >= 4 is 23.5 Å². The number of hydrogen-bond acceptors (Lipinski definition) is 3. The van der Waals surface area contributed by atoms with Crippen LogP contribution in [0, 0.1) is 12.8 Å². The van der Waals surface area contributed by atoms with Crippen molar-refractivity contribution in [1.29, 1.82) is 0 Å². The summed E-state index contributed by atoms with van der Waals surface area (Å²) in [6, 6.07) is 16.6. The zero-order valence-corrected chi connectivity index (χ0v) is 17.0. The molecular weight excluding hydrogens is 354 g/mol. The molecule has 2 aromatic carbocycles. The Morgan fingerprint density at radius 1 is 1.15 bits per heavy atom. The van der Waals surface area contributed by atoms with Crippen molar-refractivity contribution in [2.75, 3.05) is 31.2 Å². The van der Waals surface area contributed by atoms with Crippen LogP contribution < -0.4 is 10.6 Å². The first-order valence-corrected chi connectivity index (χ1v) is 10.8. The minimum atomic E-state index is -0.115. The Bertz CT molecular complexity index is 757. The quantitative estimate of drug-likeness (QED) is 0.708. The van der Waals surface area contributed by atoms with Crippen LogP contribution >= 0.6 is 11.8 Å². The number of anilines is 1. The standard InChI is InChI=1S/C22H29N3OS/c1-17-5-3-6-19(13-17)16-25-11-9-18(10-12-25)15-23-22(26)24-20-7-4-8-21(14-20)27-2/h3-8,13-14,18H,9-12,15-16H2,1-2H3,(H2,23,24,26). The summed E-state index contributed by atoms with van der Waals surface area (Å²) in [7, 11) is 0. The second-order valence-electron chi connectivity index (χ2n) is 7.28. The molecule has 0 unspecified atom stereocenters. The van der Waals surface area contributed by atoms with Crippen LogP contribution in [-0.4, -0.2) is 36.8 Å². The molecule has 1 aliphatic heterocycles. The molecule has 2 aromatic rings. The first-order chi connectivity index (χ1) is 13.1. The van der Waals surface area contributed by atoms with Gasteiger partial charge in [0.2, 0.25) is 0 Å². The largest absolute Gasteiger partial charge is 0.338 e. The van der Waals surface area contributed by atoms with Gasteiger partial charge in [0.15, 0.2) is 0 Å². The normalized spacial score (nSPS) is 15.5. The summed E-state index contributed by atoms with van der Waals surface area (Å²) in [5, 5.41) is 5.96. The highest BCUT2D eigenvalue weighted by atomic mass is 32.2. The van der Waals surface area contributed by atoms with Crippen LogP contribution in [0.5, 0.6) is 0 Å². The second-order valence-corrected chi connectivity index (χ2v) is 8.16. The lowest BCUT2D eigenvalue weighted by atomic mass is 9.96. The Morgan fingerprint density at radius 3 is 2.67 bits per heavy atom. The fraction of sp³-hybridized carbons (Fsp3) is 0.409. The van der Waals surface area contributed by atoms with Crippen LogP contribution in [0.4, 0.5) is 10.5 Å². The predicted octanol–water partition coefficient (Wildman–Crippen LogP) is 4.75. The smallest absolute Gasteiger partial charge is 0.319 e. The van der Waals surface area contributed by atoms with Crippen LogP contribution in [0.3, 0.4) is 0 Å². The lowest BCUT2D eigenvalue weighted by molar-refractivity contribution is 0.175. The van der Waals surface area contributed by atoms with Gasteiger partial charge in [0.1, 0.15) is 0 Å². The summed E-state index contributed by atoms with van der Waals surface area (Å²) in [4.78, 5) is 15.8. The maximum Gasteiger partial charge on any atom is 0.319 e. The molecule has 0 bridgehead atoms. The zero-order valence-electron chi connectivity index (χ0n) is 16.2. The predicted molar refractivity (Wildman–Crippen MR) is 114 cm³/mol. The minimum Gasteiger partial charge on any atom is -0.338 e. The summed E-state index contributed by atoms with van der Waals surface area (Å²) in [6.45, 7) is 6.10. The number of nitrogens with one attached hydrogen (secondary N) is 2. The van der Waals surface area contributed by atoms with Crippen LogP contribution in [0.1, 0.15) is 24.0 Å². The average Bonchev–Trinajstić information content (AvgIpc) is 2.68. The second kappa shape index (κ2) is 9.81. The van der Waals surface area contributed by atoms with Gasteiger partial charge in [0, 0.05) is 23.7 Å². The molecule has 1 fully saturated rings. The summed E-state index contributed by atoms with van der Waals surface area (Å²) in [5.41, 5.74) is 3.55. The first kappa shape index (κ1) is 19.8. The number of hydrogen-bond donors (Lipinski definition) is 2. The van der Waals surface area contributed by atoms with Crippen molar-refractivity contribution in [3.05, 3.63) is 59.7 Å². The van der Waals surface area contributed by atoms with Crippen molar-refractivity contribution in [3.63, 3.8) is 0 Å². The van der Waals surface area contributed by atoms with Gasteiger partial charge in [-0.3, -0.25) is 4.90 Å². The number of rotatable bonds is 6. The van der Waals surface area contributed by atoms with Gasteiger partial charge < -0.3 is 10.6 Å². The molecule has 144 valence electrons. The van der Waals surface area contributed by atoms with E-state index in [1.807, 2.05) is 30.5 Å². The van der Waals surface area contributed by atoms with Gasteiger partial charge in [-0.1, -0.05) is 35.9 Å². The first-order valence-electron chi connectivity index (χ1n) is 9.59. The van der Waals surface area contributed by atoms with Gasteiger partial charge in [-0.15, -0.1) is 11.8 Å². The number of carbonyl (C=O) groups excluding carboxylic acids is 1. The summed E-state index contributed by atoms with van der Waals surface area (Å²) in [5.74, 6) is 0.557. The van der Waals surface area contributed by atoms with E-state index in [2.05, 4.69) is 46.7 Å². The van der Waals surface area contributed by atoms with Gasteiger partial charge >= 0.3 is 6.03 Å². The van der Waals surface area contributed by atoms with E-state index in [1.165, 1.54) is 11.1 Å². The van der Waals surface area contributed by atoms with Gasteiger partial charge in [-0.2, -0.15) is 0 Å². The highest BCUT2D eigenvalue weighted by molar-refractivity contribution is 7.98. The van der Waals surface area contributed by atoms with E-state index in [0.29, 0.717) is 5.92 Å². The monoisotopic (exact) mass is 383 g/mol. The molecule has 4 nitrogen and oxygen atoms in total. The number of piperidine rings is 1. The Kier molecular flexibility index (Phi) is 7.18. The van der Waals surface area contributed by atoms with Crippen molar-refractivity contribution in [2.45, 2.75) is 31.2 Å². The number of thioether (sulfide) groups is 1. The lowest BCUT2D eigenvalue weighted by Gasteiger charge is -2.32. The number of likely N-dealkylation sites (tertiary alicyclic amines) is 1. The fourth-order valence-electron chi connectivity index (χ4n) is 3.53. The van der Waals surface area contributed by atoms with Crippen molar-refractivity contribution in [2.24, 2.45) is 5.92 Å². The number of aryl methyl sites for hydroxylation is 1. The van der Waals surface area contributed by atoms with Crippen LogP contribution in [0.2, 0.25) is 0 Å². The van der Waals surface area contributed by atoms with Gasteiger partial charge in [-0.25, -0.2) is 4.79 Å². The minimum absolute atomic E-state index is 0.115. The molecule has 0 saturated carbocycles. The molecule has 5 heteroatoms. The Labute approximate surface area is 166 Å². The van der Waals surface area contributed by atoms with Crippen LogP contribution in [-0.2, 0) is 6.54 Å². The number of urea groups is 1. The third-order valence-corrected chi connectivity index (χ3v) is 5.80. The summed E-state index contributed by atoms with van der Waals surface area (Å²) < 4.78 is 0. The zero-order chi connectivity index (χ0) is 19.1. The summed E-state index contributed by atoms with van der Waals surface area (Å²) in [6.07, 6.45) is 4.30. The Hall–Kier alpha value is -1.98. The Balaban J connectivity index is 1.38. The third kappa shape index (κ3) is 6.29. The molecule has 0 atom stereocenters. The molecule has 3 rings (SSSR count). The number of amides is 2. The maximum atomic E-state index is 12.2. The van der Waals surface area contributed by atoms with Crippen LogP contribution in [0.15, 0.2) is 53.4 Å². The van der Waals surface area contributed by atoms with E-state index < -0.39 is 0 Å². The number of benzene rings is 2. The number of carbonyl (C=O) groups is 1. The molecule has 0 aliphatic carbocycles. The molecular formula is C22H29N3OS. The molecule has 1 heterocycles. The van der Waals surface area contributed by atoms with Crippen molar-refractivity contribution in [1.82, 2.24) is 10.2 Å². The van der Waals surface area contributed by atoms with E-state index in [-0.39, 0.29) is 6.03 Å². The van der Waals surface area contributed by atoms with Crippen molar-refractivity contribution in [3.8, 4) is 0 Å². The molecule has 0 spiro atoms. The molecule has 1 aliphatic rings. The molecule has 2 amide bonds. The van der Waals surface area contributed by atoms with E-state index in [4.69, 9.17) is 0 Å². The van der Waals surface area contributed by atoms with E-state index in [9.17, 15) is 4.79 Å². The highest BCUT2D eigenvalue weighted by Gasteiger charge is 2.19. The number of nitrogens with zero attached hydrogens (tertiary/aromatic N) is 1. The van der Waals surface area contributed by atoms with E-state index >= 15 is 0 Å². The van der Waals surface area contributed by atoms with Gasteiger partial charge in [0.05, 0.1) is 0 Å². The SMILES string of the molecule is CSc1cccc(NC(=O)NCC2CCN(Cc3cccc(C)c3)CC2)c1. The van der Waals surface area contributed by atoms with Gasteiger partial charge in [0.25, 0.3) is 0 Å². The molecule has 0 radical (unpaired) electrons. The van der Waals surface area contributed by atoms with E-state index in [1.54, 1.807) is 11.8 Å².